The highest BCUT2D eigenvalue weighted by atomic mass is 16.3. The molecule has 0 saturated heterocycles. The average molecular weight is 449 g/mol. The summed E-state index contributed by atoms with van der Waals surface area (Å²) in [7, 11) is 0. The van der Waals surface area contributed by atoms with E-state index in [1.54, 1.807) is 0 Å². The molecule has 0 bridgehead atoms. The first kappa shape index (κ1) is 19.7. The summed E-state index contributed by atoms with van der Waals surface area (Å²) in [6, 6.07) is 37.8. The van der Waals surface area contributed by atoms with E-state index in [1.165, 1.54) is 0 Å². The van der Waals surface area contributed by atoms with E-state index in [9.17, 15) is 0 Å². The van der Waals surface area contributed by atoms with E-state index < -0.39 is 0 Å². The van der Waals surface area contributed by atoms with Crippen LogP contribution in [0.4, 0.5) is 0 Å². The highest BCUT2D eigenvalue weighted by Crippen LogP contribution is 2.39. The first-order chi connectivity index (χ1) is 17.3. The minimum absolute atomic E-state index is 0.892. The van der Waals surface area contributed by atoms with Crippen molar-refractivity contribution in [3.05, 3.63) is 122 Å². The van der Waals surface area contributed by atoms with Crippen LogP contribution in [0, 0.1) is 0 Å². The number of benzene rings is 4. The predicted octanol–water partition coefficient (Wildman–Crippen LogP) is 8.53. The second-order valence-corrected chi connectivity index (χ2v) is 8.69. The molecule has 0 N–H and O–H groups in total. The smallest absolute Gasteiger partial charge is 0.136 e. The largest absolute Gasteiger partial charge is 0.456 e. The van der Waals surface area contributed by atoms with Crippen LogP contribution in [0.3, 0.4) is 0 Å². The van der Waals surface area contributed by atoms with Crippen LogP contribution in [-0.4, -0.2) is 9.97 Å². The molecule has 0 fully saturated rings. The lowest BCUT2D eigenvalue weighted by Crippen LogP contribution is -1.84. The van der Waals surface area contributed by atoms with Gasteiger partial charge in [-0.05, 0) is 70.8 Å². The zero-order valence-corrected chi connectivity index (χ0v) is 18.8. The summed E-state index contributed by atoms with van der Waals surface area (Å²) < 4.78 is 6.25. The number of aromatic nitrogens is 2. The minimum Gasteiger partial charge on any atom is -0.456 e. The molecule has 3 heteroatoms. The van der Waals surface area contributed by atoms with E-state index in [1.807, 2.05) is 42.7 Å². The maximum absolute atomic E-state index is 6.25. The molecular weight excluding hydrogens is 428 g/mol. The molecular formula is C32H20N2O. The van der Waals surface area contributed by atoms with Gasteiger partial charge in [0.15, 0.2) is 0 Å². The zero-order valence-electron chi connectivity index (χ0n) is 18.8. The Balaban J connectivity index is 1.37. The molecule has 4 aromatic carbocycles. The summed E-state index contributed by atoms with van der Waals surface area (Å²) in [6.07, 6.45) is 3.65. The number of furan rings is 1. The van der Waals surface area contributed by atoms with Crippen molar-refractivity contribution in [1.29, 1.82) is 0 Å². The molecule has 0 unspecified atom stereocenters. The van der Waals surface area contributed by atoms with Crippen molar-refractivity contribution in [2.75, 3.05) is 0 Å². The predicted molar refractivity (Wildman–Crippen MR) is 143 cm³/mol. The lowest BCUT2D eigenvalue weighted by atomic mass is 9.96. The van der Waals surface area contributed by atoms with Crippen molar-refractivity contribution >= 4 is 32.8 Å². The van der Waals surface area contributed by atoms with Gasteiger partial charge in [-0.1, -0.05) is 60.7 Å². The van der Waals surface area contributed by atoms with Crippen molar-refractivity contribution in [2.24, 2.45) is 0 Å². The quantitative estimate of drug-likeness (QED) is 0.272. The van der Waals surface area contributed by atoms with E-state index in [0.29, 0.717) is 0 Å². The lowest BCUT2D eigenvalue weighted by molar-refractivity contribution is 0.669. The molecule has 0 amide bonds. The van der Waals surface area contributed by atoms with Crippen molar-refractivity contribution in [3.8, 4) is 33.5 Å². The van der Waals surface area contributed by atoms with Gasteiger partial charge in [0.1, 0.15) is 11.2 Å². The fraction of sp³-hybridized carbons (Fsp3) is 0. The van der Waals surface area contributed by atoms with Crippen LogP contribution < -0.4 is 0 Å². The molecule has 7 aromatic rings. The van der Waals surface area contributed by atoms with Crippen molar-refractivity contribution in [3.63, 3.8) is 0 Å². The molecule has 0 atom stereocenters. The molecule has 0 aliphatic rings. The first-order valence-corrected chi connectivity index (χ1v) is 11.7. The normalized spacial score (nSPS) is 11.4. The van der Waals surface area contributed by atoms with Gasteiger partial charge in [0, 0.05) is 34.1 Å². The van der Waals surface area contributed by atoms with Crippen LogP contribution in [0.2, 0.25) is 0 Å². The average Bonchev–Trinajstić information content (AvgIpc) is 3.31. The van der Waals surface area contributed by atoms with E-state index in [-0.39, 0.29) is 0 Å². The highest BCUT2D eigenvalue weighted by Gasteiger charge is 2.14. The molecule has 0 radical (unpaired) electrons. The summed E-state index contributed by atoms with van der Waals surface area (Å²) in [6.45, 7) is 0. The summed E-state index contributed by atoms with van der Waals surface area (Å²) in [4.78, 5) is 8.93. The highest BCUT2D eigenvalue weighted by molar-refractivity contribution is 6.13. The van der Waals surface area contributed by atoms with E-state index in [2.05, 4.69) is 88.8 Å². The molecule has 0 spiro atoms. The molecule has 0 aliphatic carbocycles. The number of hydrogen-bond donors (Lipinski definition) is 0. The molecule has 3 heterocycles. The van der Waals surface area contributed by atoms with Gasteiger partial charge in [-0.3, -0.25) is 9.97 Å². The Morgan fingerprint density at radius 3 is 2.23 bits per heavy atom. The third kappa shape index (κ3) is 3.37. The van der Waals surface area contributed by atoms with Crippen molar-refractivity contribution < 1.29 is 4.42 Å². The van der Waals surface area contributed by atoms with E-state index in [0.717, 1.165) is 66.4 Å². The Morgan fingerprint density at radius 2 is 1.34 bits per heavy atom. The first-order valence-electron chi connectivity index (χ1n) is 11.7. The van der Waals surface area contributed by atoms with Gasteiger partial charge in [0.2, 0.25) is 0 Å². The summed E-state index contributed by atoms with van der Waals surface area (Å²) in [5.41, 5.74) is 9.51. The molecule has 3 aromatic heterocycles. The van der Waals surface area contributed by atoms with Crippen LogP contribution in [0.5, 0.6) is 0 Å². The molecule has 3 nitrogen and oxygen atoms in total. The SMILES string of the molecule is c1ccc(-c2ccc(-c3ccc4oc5cccc(-c6ccc7ncccc7c6)c5c4c3)cc2)nc1. The van der Waals surface area contributed by atoms with Crippen LogP contribution >= 0.6 is 0 Å². The number of rotatable bonds is 3. The zero-order chi connectivity index (χ0) is 23.2. The van der Waals surface area contributed by atoms with Gasteiger partial charge < -0.3 is 4.42 Å². The molecule has 164 valence electrons. The Kier molecular flexibility index (Phi) is 4.46. The maximum Gasteiger partial charge on any atom is 0.136 e. The molecule has 0 aliphatic heterocycles. The molecule has 35 heavy (non-hydrogen) atoms. The topological polar surface area (TPSA) is 38.9 Å². The van der Waals surface area contributed by atoms with Crippen molar-refractivity contribution in [2.45, 2.75) is 0 Å². The summed E-state index contributed by atoms with van der Waals surface area (Å²) in [5, 5.41) is 3.38. The third-order valence-corrected chi connectivity index (χ3v) is 6.59. The van der Waals surface area contributed by atoms with E-state index in [4.69, 9.17) is 4.42 Å². The fourth-order valence-electron chi connectivity index (χ4n) is 4.86. The summed E-state index contributed by atoms with van der Waals surface area (Å²) >= 11 is 0. The maximum atomic E-state index is 6.25. The number of pyridine rings is 2. The molecule has 7 rings (SSSR count). The van der Waals surface area contributed by atoms with Gasteiger partial charge in [-0.2, -0.15) is 0 Å². The Morgan fingerprint density at radius 1 is 0.514 bits per heavy atom. The second-order valence-electron chi connectivity index (χ2n) is 8.69. The van der Waals surface area contributed by atoms with Crippen molar-refractivity contribution in [1.82, 2.24) is 9.97 Å². The number of nitrogens with zero attached hydrogens (tertiary/aromatic N) is 2. The minimum atomic E-state index is 0.892. The fourth-order valence-corrected chi connectivity index (χ4v) is 4.86. The van der Waals surface area contributed by atoms with Crippen LogP contribution in [0.15, 0.2) is 126 Å². The second kappa shape index (κ2) is 7.93. The Labute approximate surface area is 202 Å². The number of fused-ring (bicyclic) bond motifs is 4. The Bertz CT molecular complexity index is 1830. The standard InChI is InChI=1S/C32H20N2O/c1-2-17-33-28(7-1)22-11-9-21(10-12-22)23-14-16-30-27(20-23)32-26(6-3-8-31(32)35-30)24-13-15-29-25(19-24)5-4-18-34-29/h1-20H. The molecule has 0 saturated carbocycles. The van der Waals surface area contributed by atoms with Crippen LogP contribution in [0.1, 0.15) is 0 Å². The lowest BCUT2D eigenvalue weighted by Gasteiger charge is -2.07. The number of hydrogen-bond acceptors (Lipinski definition) is 3. The van der Waals surface area contributed by atoms with E-state index >= 15 is 0 Å². The van der Waals surface area contributed by atoms with Gasteiger partial charge in [0.25, 0.3) is 0 Å². The monoisotopic (exact) mass is 448 g/mol. The third-order valence-electron chi connectivity index (χ3n) is 6.59. The Hall–Kier alpha value is -4.76. The van der Waals surface area contributed by atoms with Crippen LogP contribution in [0.25, 0.3) is 66.4 Å². The summed E-state index contributed by atoms with van der Waals surface area (Å²) in [5.74, 6) is 0. The van der Waals surface area contributed by atoms with Gasteiger partial charge in [-0.25, -0.2) is 0 Å². The van der Waals surface area contributed by atoms with Gasteiger partial charge in [-0.15, -0.1) is 0 Å². The van der Waals surface area contributed by atoms with Gasteiger partial charge >= 0.3 is 0 Å². The van der Waals surface area contributed by atoms with Crippen LogP contribution in [-0.2, 0) is 0 Å². The van der Waals surface area contributed by atoms with Gasteiger partial charge in [0.05, 0.1) is 11.2 Å².